The molecule has 0 saturated carbocycles. The summed E-state index contributed by atoms with van der Waals surface area (Å²) in [6.07, 6.45) is 1.51. The van der Waals surface area contributed by atoms with E-state index < -0.39 is 0 Å². The molecule has 1 aliphatic heterocycles. The van der Waals surface area contributed by atoms with Crippen LogP contribution < -0.4 is 0 Å². The standard InChI is InChI=1S/C12H15BrClNO/c1-16-11-4-5-15(8-11)7-9-6-10(14)2-3-12(9)13/h2-3,6,11H,4-5,7-8H2,1H3/t11-/m0/s1. The topological polar surface area (TPSA) is 12.5 Å². The summed E-state index contributed by atoms with van der Waals surface area (Å²) in [5.41, 5.74) is 1.24. The van der Waals surface area contributed by atoms with E-state index in [9.17, 15) is 0 Å². The van der Waals surface area contributed by atoms with Gasteiger partial charge in [-0.05, 0) is 30.2 Å². The molecule has 1 aromatic carbocycles. The number of hydrogen-bond acceptors (Lipinski definition) is 2. The molecule has 0 aliphatic carbocycles. The Morgan fingerprint density at radius 3 is 3.06 bits per heavy atom. The summed E-state index contributed by atoms with van der Waals surface area (Å²) in [5.74, 6) is 0. The van der Waals surface area contributed by atoms with Crippen LogP contribution in [0.5, 0.6) is 0 Å². The fourth-order valence-corrected chi connectivity index (χ4v) is 2.61. The maximum Gasteiger partial charge on any atom is 0.0710 e. The van der Waals surface area contributed by atoms with E-state index in [1.165, 1.54) is 5.56 Å². The summed E-state index contributed by atoms with van der Waals surface area (Å²) in [7, 11) is 1.78. The molecule has 1 aliphatic rings. The molecule has 0 N–H and O–H groups in total. The minimum atomic E-state index is 0.387. The third-order valence-electron chi connectivity index (χ3n) is 2.96. The Bertz CT molecular complexity index is 372. The number of benzene rings is 1. The van der Waals surface area contributed by atoms with Gasteiger partial charge in [0.05, 0.1) is 6.10 Å². The molecule has 4 heteroatoms. The van der Waals surface area contributed by atoms with Crippen molar-refractivity contribution in [3.63, 3.8) is 0 Å². The van der Waals surface area contributed by atoms with Crippen LogP contribution in [0, 0.1) is 0 Å². The van der Waals surface area contributed by atoms with Crippen molar-refractivity contribution in [2.45, 2.75) is 19.1 Å². The lowest BCUT2D eigenvalue weighted by Crippen LogP contribution is -2.22. The third kappa shape index (κ3) is 2.98. The van der Waals surface area contributed by atoms with E-state index in [2.05, 4.69) is 20.8 Å². The Labute approximate surface area is 110 Å². The van der Waals surface area contributed by atoms with Gasteiger partial charge < -0.3 is 4.74 Å². The summed E-state index contributed by atoms with van der Waals surface area (Å²) in [4.78, 5) is 2.39. The molecule has 0 amide bonds. The normalized spacial score (nSPS) is 21.6. The lowest BCUT2D eigenvalue weighted by Gasteiger charge is -2.16. The van der Waals surface area contributed by atoms with Crippen LogP contribution in [0.15, 0.2) is 22.7 Å². The van der Waals surface area contributed by atoms with Gasteiger partial charge in [0.1, 0.15) is 0 Å². The first-order chi connectivity index (χ1) is 7.69. The Hall–Kier alpha value is -0.0900. The van der Waals surface area contributed by atoms with Crippen molar-refractivity contribution in [2.24, 2.45) is 0 Å². The van der Waals surface area contributed by atoms with Crippen LogP contribution in [0.2, 0.25) is 5.02 Å². The quantitative estimate of drug-likeness (QED) is 0.849. The molecular weight excluding hydrogens is 289 g/mol. The van der Waals surface area contributed by atoms with Gasteiger partial charge in [0.25, 0.3) is 0 Å². The van der Waals surface area contributed by atoms with Crippen molar-refractivity contribution in [1.29, 1.82) is 0 Å². The van der Waals surface area contributed by atoms with E-state index in [0.717, 1.165) is 35.6 Å². The van der Waals surface area contributed by atoms with Crippen LogP contribution in [0.3, 0.4) is 0 Å². The highest BCUT2D eigenvalue weighted by Crippen LogP contribution is 2.24. The summed E-state index contributed by atoms with van der Waals surface area (Å²) < 4.78 is 6.48. The van der Waals surface area contributed by atoms with Gasteiger partial charge in [-0.15, -0.1) is 0 Å². The summed E-state index contributed by atoms with van der Waals surface area (Å²) >= 11 is 9.55. The van der Waals surface area contributed by atoms with Gasteiger partial charge in [0, 0.05) is 36.2 Å². The molecule has 2 nitrogen and oxygen atoms in total. The van der Waals surface area contributed by atoms with Gasteiger partial charge in [0.2, 0.25) is 0 Å². The summed E-state index contributed by atoms with van der Waals surface area (Å²) in [6.45, 7) is 3.04. The second kappa shape index (κ2) is 5.50. The van der Waals surface area contributed by atoms with Crippen LogP contribution in [0.25, 0.3) is 0 Å². The predicted molar refractivity (Wildman–Crippen MR) is 69.8 cm³/mol. The Kier molecular flexibility index (Phi) is 4.25. The van der Waals surface area contributed by atoms with E-state index in [1.54, 1.807) is 7.11 Å². The number of hydrogen-bond donors (Lipinski definition) is 0. The van der Waals surface area contributed by atoms with Crippen molar-refractivity contribution in [3.8, 4) is 0 Å². The highest BCUT2D eigenvalue weighted by atomic mass is 79.9. The minimum absolute atomic E-state index is 0.387. The largest absolute Gasteiger partial charge is 0.380 e. The van der Waals surface area contributed by atoms with E-state index in [1.807, 2.05) is 18.2 Å². The lowest BCUT2D eigenvalue weighted by atomic mass is 10.2. The number of likely N-dealkylation sites (tertiary alicyclic amines) is 1. The smallest absolute Gasteiger partial charge is 0.0710 e. The highest BCUT2D eigenvalue weighted by Gasteiger charge is 2.22. The fourth-order valence-electron chi connectivity index (χ4n) is 2.04. The van der Waals surface area contributed by atoms with Crippen LogP contribution in [0.1, 0.15) is 12.0 Å². The number of halogens is 2. The molecule has 1 aromatic rings. The average Bonchev–Trinajstić information content (AvgIpc) is 2.71. The Morgan fingerprint density at radius 1 is 1.56 bits per heavy atom. The molecule has 0 radical (unpaired) electrons. The maximum absolute atomic E-state index is 5.99. The van der Waals surface area contributed by atoms with Crippen molar-refractivity contribution in [3.05, 3.63) is 33.3 Å². The first-order valence-electron chi connectivity index (χ1n) is 5.38. The number of rotatable bonds is 3. The van der Waals surface area contributed by atoms with Crippen LogP contribution >= 0.6 is 27.5 Å². The first kappa shape index (κ1) is 12.4. The summed E-state index contributed by atoms with van der Waals surface area (Å²) in [6, 6.07) is 5.92. The molecule has 1 atom stereocenters. The zero-order valence-corrected chi connectivity index (χ0v) is 11.6. The second-order valence-corrected chi connectivity index (χ2v) is 5.41. The lowest BCUT2D eigenvalue weighted by molar-refractivity contribution is 0.107. The van der Waals surface area contributed by atoms with Gasteiger partial charge in [-0.3, -0.25) is 4.90 Å². The van der Waals surface area contributed by atoms with Crippen LogP contribution in [-0.4, -0.2) is 31.2 Å². The molecule has 1 saturated heterocycles. The molecule has 1 heterocycles. The average molecular weight is 305 g/mol. The van der Waals surface area contributed by atoms with Gasteiger partial charge in [-0.1, -0.05) is 27.5 Å². The van der Waals surface area contributed by atoms with Gasteiger partial charge in [-0.2, -0.15) is 0 Å². The fraction of sp³-hybridized carbons (Fsp3) is 0.500. The summed E-state index contributed by atoms with van der Waals surface area (Å²) in [5, 5.41) is 0.792. The molecule has 0 spiro atoms. The molecule has 1 fully saturated rings. The van der Waals surface area contributed by atoms with Gasteiger partial charge in [-0.25, -0.2) is 0 Å². The number of methoxy groups -OCH3 is 1. The van der Waals surface area contributed by atoms with E-state index in [4.69, 9.17) is 16.3 Å². The number of ether oxygens (including phenoxy) is 1. The van der Waals surface area contributed by atoms with E-state index >= 15 is 0 Å². The third-order valence-corrected chi connectivity index (χ3v) is 3.97. The number of nitrogens with zero attached hydrogens (tertiary/aromatic N) is 1. The molecule has 0 unspecified atom stereocenters. The molecule has 2 rings (SSSR count). The molecule has 88 valence electrons. The Balaban J connectivity index is 2.01. The van der Waals surface area contributed by atoms with Crippen molar-refractivity contribution < 1.29 is 4.74 Å². The van der Waals surface area contributed by atoms with Gasteiger partial charge >= 0.3 is 0 Å². The first-order valence-corrected chi connectivity index (χ1v) is 6.55. The Morgan fingerprint density at radius 2 is 2.38 bits per heavy atom. The molecule has 16 heavy (non-hydrogen) atoms. The molecule has 0 aromatic heterocycles. The molecular formula is C12H15BrClNO. The zero-order valence-electron chi connectivity index (χ0n) is 9.25. The van der Waals surface area contributed by atoms with E-state index in [-0.39, 0.29) is 0 Å². The zero-order chi connectivity index (χ0) is 11.5. The van der Waals surface area contributed by atoms with Crippen LogP contribution in [0.4, 0.5) is 0 Å². The van der Waals surface area contributed by atoms with Crippen molar-refractivity contribution in [1.82, 2.24) is 4.90 Å². The minimum Gasteiger partial charge on any atom is -0.380 e. The van der Waals surface area contributed by atoms with E-state index in [0.29, 0.717) is 6.10 Å². The van der Waals surface area contributed by atoms with Crippen LogP contribution in [-0.2, 0) is 11.3 Å². The monoisotopic (exact) mass is 303 g/mol. The highest BCUT2D eigenvalue weighted by molar-refractivity contribution is 9.10. The predicted octanol–water partition coefficient (Wildman–Crippen LogP) is 3.32. The van der Waals surface area contributed by atoms with Crippen molar-refractivity contribution in [2.75, 3.05) is 20.2 Å². The SMILES string of the molecule is CO[C@H]1CCN(Cc2cc(Cl)ccc2Br)C1. The maximum atomic E-state index is 5.99. The van der Waals surface area contributed by atoms with Crippen molar-refractivity contribution >= 4 is 27.5 Å². The van der Waals surface area contributed by atoms with Gasteiger partial charge in [0.15, 0.2) is 0 Å². The molecule has 0 bridgehead atoms. The second-order valence-electron chi connectivity index (χ2n) is 4.12.